The van der Waals surface area contributed by atoms with Crippen molar-refractivity contribution in [3.63, 3.8) is 0 Å². The molecule has 0 aliphatic carbocycles. The van der Waals surface area contributed by atoms with Crippen LogP contribution in [0.3, 0.4) is 0 Å². The number of nitrogens with one attached hydrogen (secondary N) is 2. The van der Waals surface area contributed by atoms with E-state index in [1.54, 1.807) is 7.11 Å². The average Bonchev–Trinajstić information content (AvgIpc) is 2.57. The summed E-state index contributed by atoms with van der Waals surface area (Å²) in [6, 6.07) is 8.27. The van der Waals surface area contributed by atoms with E-state index in [0.717, 1.165) is 44.2 Å². The van der Waals surface area contributed by atoms with E-state index in [0.29, 0.717) is 0 Å². The number of benzene rings is 1. The summed E-state index contributed by atoms with van der Waals surface area (Å²) in [6.45, 7) is 9.13. The van der Waals surface area contributed by atoms with Gasteiger partial charge in [-0.2, -0.15) is 11.8 Å². The molecular formula is C18H31N3OS. The van der Waals surface area contributed by atoms with Crippen molar-refractivity contribution < 1.29 is 4.74 Å². The number of hydrogen-bond donors (Lipinski definition) is 2. The standard InChI is InChI=1S/C18H31N3OS/c1-6-19-17(21-14-18(2,3)23-5)20-13-7-8-15-9-11-16(22-4)12-10-15/h9-12H,6-8,13-14H2,1-5H3,(H2,19,20,21). The van der Waals surface area contributed by atoms with Gasteiger partial charge in [-0.1, -0.05) is 12.1 Å². The van der Waals surface area contributed by atoms with Crippen LogP contribution in [0.2, 0.25) is 0 Å². The van der Waals surface area contributed by atoms with E-state index in [1.165, 1.54) is 5.56 Å². The molecule has 0 saturated carbocycles. The lowest BCUT2D eigenvalue weighted by atomic mass is 10.1. The molecule has 0 saturated heterocycles. The number of ether oxygens (including phenoxy) is 1. The van der Waals surface area contributed by atoms with Crippen molar-refractivity contribution in [3.05, 3.63) is 29.8 Å². The lowest BCUT2D eigenvalue weighted by Gasteiger charge is -2.20. The average molecular weight is 338 g/mol. The molecule has 0 atom stereocenters. The number of rotatable bonds is 9. The topological polar surface area (TPSA) is 45.7 Å². The highest BCUT2D eigenvalue weighted by atomic mass is 32.2. The highest BCUT2D eigenvalue weighted by Crippen LogP contribution is 2.20. The Hall–Kier alpha value is -1.36. The van der Waals surface area contributed by atoms with Gasteiger partial charge >= 0.3 is 0 Å². The van der Waals surface area contributed by atoms with Crippen LogP contribution in [-0.2, 0) is 6.42 Å². The largest absolute Gasteiger partial charge is 0.497 e. The van der Waals surface area contributed by atoms with Crippen LogP contribution in [0.1, 0.15) is 32.8 Å². The van der Waals surface area contributed by atoms with Crippen LogP contribution in [0.5, 0.6) is 5.75 Å². The first-order chi connectivity index (χ1) is 11.0. The fourth-order valence-electron chi connectivity index (χ4n) is 1.97. The number of hydrogen-bond acceptors (Lipinski definition) is 3. The molecule has 5 heteroatoms. The molecule has 0 amide bonds. The van der Waals surface area contributed by atoms with Gasteiger partial charge < -0.3 is 15.4 Å². The lowest BCUT2D eigenvalue weighted by Crippen LogP contribution is -2.39. The fourth-order valence-corrected chi connectivity index (χ4v) is 2.16. The van der Waals surface area contributed by atoms with Crippen LogP contribution in [0.15, 0.2) is 29.3 Å². The van der Waals surface area contributed by atoms with Crippen molar-refractivity contribution in [2.75, 3.05) is 33.0 Å². The minimum atomic E-state index is 0.172. The van der Waals surface area contributed by atoms with Crippen molar-refractivity contribution in [1.82, 2.24) is 10.6 Å². The molecule has 0 aliphatic heterocycles. The smallest absolute Gasteiger partial charge is 0.191 e. The van der Waals surface area contributed by atoms with Gasteiger partial charge in [0.1, 0.15) is 5.75 Å². The van der Waals surface area contributed by atoms with E-state index in [-0.39, 0.29) is 4.75 Å². The number of methoxy groups -OCH3 is 1. The first-order valence-corrected chi connectivity index (χ1v) is 9.43. The van der Waals surface area contributed by atoms with Crippen LogP contribution in [0, 0.1) is 0 Å². The molecule has 23 heavy (non-hydrogen) atoms. The second-order valence-corrected chi connectivity index (χ2v) is 7.55. The van der Waals surface area contributed by atoms with Gasteiger partial charge in [-0.05, 0) is 57.6 Å². The maximum atomic E-state index is 5.18. The summed E-state index contributed by atoms with van der Waals surface area (Å²) < 4.78 is 5.35. The predicted octanol–water partition coefficient (Wildman–Crippen LogP) is 3.32. The summed E-state index contributed by atoms with van der Waals surface area (Å²) in [4.78, 5) is 4.68. The van der Waals surface area contributed by atoms with E-state index >= 15 is 0 Å². The molecule has 1 aromatic rings. The first-order valence-electron chi connectivity index (χ1n) is 8.21. The van der Waals surface area contributed by atoms with Crippen molar-refractivity contribution in [2.45, 2.75) is 38.4 Å². The van der Waals surface area contributed by atoms with Crippen LogP contribution >= 0.6 is 11.8 Å². The summed E-state index contributed by atoms with van der Waals surface area (Å²) >= 11 is 1.84. The Morgan fingerprint density at radius 2 is 1.91 bits per heavy atom. The van der Waals surface area contributed by atoms with Gasteiger partial charge in [0.25, 0.3) is 0 Å². The normalized spacial score (nSPS) is 12.1. The second kappa shape index (κ2) is 10.4. The third-order valence-electron chi connectivity index (χ3n) is 3.61. The molecule has 0 heterocycles. The number of aliphatic imine (C=N–C) groups is 1. The first kappa shape index (κ1) is 19.7. The van der Waals surface area contributed by atoms with E-state index in [9.17, 15) is 0 Å². The minimum absolute atomic E-state index is 0.172. The number of thioether (sulfide) groups is 1. The summed E-state index contributed by atoms with van der Waals surface area (Å²) in [7, 11) is 1.69. The summed E-state index contributed by atoms with van der Waals surface area (Å²) in [6.07, 6.45) is 4.25. The van der Waals surface area contributed by atoms with Gasteiger partial charge in [-0.3, -0.25) is 4.99 Å². The highest BCUT2D eigenvalue weighted by Gasteiger charge is 2.15. The summed E-state index contributed by atoms with van der Waals surface area (Å²) in [5.74, 6) is 1.81. The zero-order valence-corrected chi connectivity index (χ0v) is 15.9. The molecule has 0 aliphatic rings. The third-order valence-corrected chi connectivity index (χ3v) is 4.84. The zero-order chi connectivity index (χ0) is 17.1. The molecule has 0 fully saturated rings. The quantitative estimate of drug-likeness (QED) is 0.412. The van der Waals surface area contributed by atoms with Gasteiger partial charge in [0.2, 0.25) is 0 Å². The van der Waals surface area contributed by atoms with Crippen molar-refractivity contribution >= 4 is 17.7 Å². The predicted molar refractivity (Wildman–Crippen MR) is 103 cm³/mol. The SMILES string of the molecule is CCNC(=NCC(C)(C)SC)NCCCc1ccc(OC)cc1. The van der Waals surface area contributed by atoms with Gasteiger partial charge in [-0.25, -0.2) is 0 Å². The molecule has 2 N–H and O–H groups in total. The van der Waals surface area contributed by atoms with Gasteiger partial charge in [0.05, 0.1) is 13.7 Å². The van der Waals surface area contributed by atoms with Crippen molar-refractivity contribution in [1.29, 1.82) is 0 Å². The van der Waals surface area contributed by atoms with Crippen molar-refractivity contribution in [3.8, 4) is 5.75 Å². The fraction of sp³-hybridized carbons (Fsp3) is 0.611. The lowest BCUT2D eigenvalue weighted by molar-refractivity contribution is 0.414. The molecule has 4 nitrogen and oxygen atoms in total. The number of aryl methyl sites for hydroxylation is 1. The number of guanidine groups is 1. The van der Waals surface area contributed by atoms with E-state index < -0.39 is 0 Å². The molecule has 0 aromatic heterocycles. The van der Waals surface area contributed by atoms with Gasteiger partial charge in [-0.15, -0.1) is 0 Å². The second-order valence-electron chi connectivity index (χ2n) is 6.04. The van der Waals surface area contributed by atoms with Crippen LogP contribution in [0.4, 0.5) is 0 Å². The van der Waals surface area contributed by atoms with Gasteiger partial charge in [0, 0.05) is 17.8 Å². The van der Waals surface area contributed by atoms with Crippen LogP contribution < -0.4 is 15.4 Å². The molecule has 1 rings (SSSR count). The maximum Gasteiger partial charge on any atom is 0.191 e. The third kappa shape index (κ3) is 8.16. The monoisotopic (exact) mass is 337 g/mol. The summed E-state index contributed by atoms with van der Waals surface area (Å²) in [5.41, 5.74) is 1.33. The zero-order valence-electron chi connectivity index (χ0n) is 15.1. The van der Waals surface area contributed by atoms with Gasteiger partial charge in [0.15, 0.2) is 5.96 Å². The van der Waals surface area contributed by atoms with E-state index in [2.05, 4.69) is 54.8 Å². The Morgan fingerprint density at radius 1 is 1.22 bits per heavy atom. The van der Waals surface area contributed by atoms with Crippen molar-refractivity contribution in [2.24, 2.45) is 4.99 Å². The molecule has 0 radical (unpaired) electrons. The van der Waals surface area contributed by atoms with E-state index in [1.807, 2.05) is 23.9 Å². The highest BCUT2D eigenvalue weighted by molar-refractivity contribution is 7.99. The molecule has 0 spiro atoms. The molecular weight excluding hydrogens is 306 g/mol. The Kier molecular flexibility index (Phi) is 8.92. The molecule has 1 aromatic carbocycles. The molecule has 0 bridgehead atoms. The number of nitrogens with zero attached hydrogens (tertiary/aromatic N) is 1. The summed E-state index contributed by atoms with van der Waals surface area (Å²) in [5, 5.41) is 6.72. The minimum Gasteiger partial charge on any atom is -0.497 e. The Morgan fingerprint density at radius 3 is 2.48 bits per heavy atom. The van der Waals surface area contributed by atoms with Crippen LogP contribution in [0.25, 0.3) is 0 Å². The Bertz CT molecular complexity index is 472. The maximum absolute atomic E-state index is 5.18. The molecule has 130 valence electrons. The van der Waals surface area contributed by atoms with E-state index in [4.69, 9.17) is 4.74 Å². The van der Waals surface area contributed by atoms with Crippen LogP contribution in [-0.4, -0.2) is 43.7 Å². The molecule has 0 unspecified atom stereocenters. The Labute approximate surface area is 145 Å². The Balaban J connectivity index is 2.38.